The first-order valence-electron chi connectivity index (χ1n) is 5.66. The van der Waals surface area contributed by atoms with E-state index in [1.54, 1.807) is 6.07 Å². The van der Waals surface area contributed by atoms with Gasteiger partial charge in [0.25, 0.3) is 6.43 Å². The van der Waals surface area contributed by atoms with E-state index in [2.05, 4.69) is 5.32 Å². The molecule has 0 aliphatic carbocycles. The van der Waals surface area contributed by atoms with E-state index in [1.807, 2.05) is 13.0 Å². The molecule has 0 bridgehead atoms. The van der Waals surface area contributed by atoms with Gasteiger partial charge in [0.2, 0.25) is 5.91 Å². The average molecular weight is 239 g/mol. The van der Waals surface area contributed by atoms with Gasteiger partial charge >= 0.3 is 0 Å². The second-order valence-electron chi connectivity index (χ2n) is 4.83. The Bertz CT molecular complexity index is 433. The van der Waals surface area contributed by atoms with Crippen LogP contribution in [0, 0.1) is 0 Å². The SMILES string of the molecule is CC1(Cc2cccc(C(F)F)c2)CCC(=O)N1. The normalized spacial score (nSPS) is 24.1. The molecule has 1 saturated heterocycles. The molecule has 4 heteroatoms. The number of hydrogen-bond acceptors (Lipinski definition) is 1. The third-order valence-electron chi connectivity index (χ3n) is 3.14. The molecule has 1 aliphatic rings. The number of carbonyl (C=O) groups is 1. The molecular formula is C13H15F2NO. The Hall–Kier alpha value is -1.45. The van der Waals surface area contributed by atoms with E-state index in [4.69, 9.17) is 0 Å². The van der Waals surface area contributed by atoms with Crippen LogP contribution in [0.5, 0.6) is 0 Å². The fourth-order valence-electron chi connectivity index (χ4n) is 2.27. The van der Waals surface area contributed by atoms with Gasteiger partial charge in [-0.3, -0.25) is 4.79 Å². The van der Waals surface area contributed by atoms with E-state index in [9.17, 15) is 13.6 Å². The Labute approximate surface area is 99.0 Å². The first kappa shape index (κ1) is 12.0. The van der Waals surface area contributed by atoms with Crippen LogP contribution < -0.4 is 5.32 Å². The average Bonchev–Trinajstić information content (AvgIpc) is 2.58. The molecule has 2 nitrogen and oxygen atoms in total. The second-order valence-corrected chi connectivity index (χ2v) is 4.83. The van der Waals surface area contributed by atoms with Crippen molar-refractivity contribution in [1.29, 1.82) is 0 Å². The molecule has 1 aliphatic heterocycles. The highest BCUT2D eigenvalue weighted by Crippen LogP contribution is 2.26. The third kappa shape index (κ3) is 2.81. The zero-order valence-electron chi connectivity index (χ0n) is 9.67. The van der Waals surface area contributed by atoms with Gasteiger partial charge in [-0.05, 0) is 25.3 Å². The van der Waals surface area contributed by atoms with Gasteiger partial charge < -0.3 is 5.32 Å². The zero-order valence-corrected chi connectivity index (χ0v) is 9.67. The van der Waals surface area contributed by atoms with Crippen molar-refractivity contribution < 1.29 is 13.6 Å². The van der Waals surface area contributed by atoms with Gasteiger partial charge in [0.05, 0.1) is 0 Å². The number of hydrogen-bond donors (Lipinski definition) is 1. The van der Waals surface area contributed by atoms with Crippen LogP contribution in [0.3, 0.4) is 0 Å². The number of alkyl halides is 2. The lowest BCUT2D eigenvalue weighted by Crippen LogP contribution is -2.40. The minimum absolute atomic E-state index is 0.0374. The summed E-state index contributed by atoms with van der Waals surface area (Å²) in [7, 11) is 0. The highest BCUT2D eigenvalue weighted by atomic mass is 19.3. The van der Waals surface area contributed by atoms with Crippen molar-refractivity contribution in [2.24, 2.45) is 0 Å². The Morgan fingerprint density at radius 3 is 2.82 bits per heavy atom. The van der Waals surface area contributed by atoms with Gasteiger partial charge in [-0.2, -0.15) is 0 Å². The summed E-state index contributed by atoms with van der Waals surface area (Å²) in [6.07, 6.45) is -0.573. The summed E-state index contributed by atoms with van der Waals surface area (Å²) >= 11 is 0. The lowest BCUT2D eigenvalue weighted by atomic mass is 9.91. The Balaban J connectivity index is 2.13. The second kappa shape index (κ2) is 4.43. The predicted octanol–water partition coefficient (Wildman–Crippen LogP) is 2.84. The summed E-state index contributed by atoms with van der Waals surface area (Å²) in [5.41, 5.74) is 0.584. The van der Waals surface area contributed by atoms with Crippen LogP contribution in [0.1, 0.15) is 37.3 Å². The monoisotopic (exact) mass is 239 g/mol. The number of rotatable bonds is 3. The number of nitrogens with one attached hydrogen (secondary N) is 1. The molecule has 92 valence electrons. The molecule has 1 heterocycles. The summed E-state index contributed by atoms with van der Waals surface area (Å²) in [5, 5.41) is 2.90. The van der Waals surface area contributed by atoms with Crippen LogP contribution in [0.2, 0.25) is 0 Å². The van der Waals surface area contributed by atoms with Gasteiger partial charge in [0.1, 0.15) is 0 Å². The molecule has 1 fully saturated rings. The molecule has 1 unspecified atom stereocenters. The first-order chi connectivity index (χ1) is 7.98. The van der Waals surface area contributed by atoms with Gasteiger partial charge in [-0.15, -0.1) is 0 Å². The molecule has 17 heavy (non-hydrogen) atoms. The number of amides is 1. The maximum absolute atomic E-state index is 12.5. The van der Waals surface area contributed by atoms with E-state index >= 15 is 0 Å². The van der Waals surface area contributed by atoms with Crippen molar-refractivity contribution >= 4 is 5.91 Å². The van der Waals surface area contributed by atoms with Crippen molar-refractivity contribution in [3.63, 3.8) is 0 Å². The molecule has 0 spiro atoms. The van der Waals surface area contributed by atoms with Crippen molar-refractivity contribution in [1.82, 2.24) is 5.32 Å². The quantitative estimate of drug-likeness (QED) is 0.863. The van der Waals surface area contributed by atoms with Crippen LogP contribution in [0.15, 0.2) is 24.3 Å². The van der Waals surface area contributed by atoms with Crippen molar-refractivity contribution in [3.8, 4) is 0 Å². The molecule has 1 amide bonds. The maximum Gasteiger partial charge on any atom is 0.263 e. The number of halogens is 2. The zero-order chi connectivity index (χ0) is 12.5. The Morgan fingerprint density at radius 1 is 1.47 bits per heavy atom. The van der Waals surface area contributed by atoms with Crippen LogP contribution in [-0.4, -0.2) is 11.4 Å². The van der Waals surface area contributed by atoms with E-state index in [1.165, 1.54) is 12.1 Å². The van der Waals surface area contributed by atoms with Crippen molar-refractivity contribution in [2.75, 3.05) is 0 Å². The Morgan fingerprint density at radius 2 is 2.24 bits per heavy atom. The molecule has 2 rings (SSSR count). The van der Waals surface area contributed by atoms with Gasteiger partial charge in [-0.1, -0.05) is 24.3 Å². The summed E-state index contributed by atoms with van der Waals surface area (Å²) in [6, 6.07) is 6.39. The maximum atomic E-state index is 12.5. The van der Waals surface area contributed by atoms with Crippen LogP contribution >= 0.6 is 0 Å². The largest absolute Gasteiger partial charge is 0.351 e. The van der Waals surface area contributed by atoms with E-state index in [0.717, 1.165) is 12.0 Å². The van der Waals surface area contributed by atoms with E-state index in [-0.39, 0.29) is 17.0 Å². The van der Waals surface area contributed by atoms with Gasteiger partial charge in [0, 0.05) is 17.5 Å². The first-order valence-corrected chi connectivity index (χ1v) is 5.66. The van der Waals surface area contributed by atoms with Crippen molar-refractivity contribution in [3.05, 3.63) is 35.4 Å². The van der Waals surface area contributed by atoms with Crippen LogP contribution in [-0.2, 0) is 11.2 Å². The Kier molecular flexibility index (Phi) is 3.13. The molecule has 1 aromatic carbocycles. The van der Waals surface area contributed by atoms with E-state index in [0.29, 0.717) is 12.8 Å². The summed E-state index contributed by atoms with van der Waals surface area (Å²) in [4.78, 5) is 11.2. The minimum Gasteiger partial charge on any atom is -0.351 e. The molecule has 0 aromatic heterocycles. The summed E-state index contributed by atoms with van der Waals surface area (Å²) < 4.78 is 25.1. The lowest BCUT2D eigenvalue weighted by molar-refractivity contribution is -0.119. The molecule has 1 aromatic rings. The minimum atomic E-state index is -2.44. The van der Waals surface area contributed by atoms with Gasteiger partial charge in [-0.25, -0.2) is 8.78 Å². The van der Waals surface area contributed by atoms with Crippen LogP contribution in [0.4, 0.5) is 8.78 Å². The van der Waals surface area contributed by atoms with E-state index < -0.39 is 6.43 Å². The fourth-order valence-corrected chi connectivity index (χ4v) is 2.27. The van der Waals surface area contributed by atoms with Crippen LogP contribution in [0.25, 0.3) is 0 Å². The van der Waals surface area contributed by atoms with Crippen molar-refractivity contribution in [2.45, 2.75) is 38.2 Å². The fraction of sp³-hybridized carbons (Fsp3) is 0.462. The predicted molar refractivity (Wildman–Crippen MR) is 60.9 cm³/mol. The standard InChI is InChI=1S/C13H15F2NO/c1-13(6-5-11(17)16-13)8-9-3-2-4-10(7-9)12(14)15/h2-4,7,12H,5-6,8H2,1H3,(H,16,17). The summed E-state index contributed by atoms with van der Waals surface area (Å²) in [5.74, 6) is 0.0394. The highest BCUT2D eigenvalue weighted by molar-refractivity contribution is 5.79. The van der Waals surface area contributed by atoms with Gasteiger partial charge in [0.15, 0.2) is 0 Å². The lowest BCUT2D eigenvalue weighted by Gasteiger charge is -2.24. The molecule has 0 saturated carbocycles. The topological polar surface area (TPSA) is 29.1 Å². The molecule has 1 N–H and O–H groups in total. The molecule has 1 atom stereocenters. The molecule has 0 radical (unpaired) electrons. The number of benzene rings is 1. The third-order valence-corrected chi connectivity index (χ3v) is 3.14. The summed E-state index contributed by atoms with van der Waals surface area (Å²) in [6.45, 7) is 1.95. The highest BCUT2D eigenvalue weighted by Gasteiger charge is 2.32. The smallest absolute Gasteiger partial charge is 0.263 e. The molecular weight excluding hydrogens is 224 g/mol. The number of carbonyl (C=O) groups excluding carboxylic acids is 1.